The van der Waals surface area contributed by atoms with E-state index in [1.54, 1.807) is 0 Å². The summed E-state index contributed by atoms with van der Waals surface area (Å²) in [5.41, 5.74) is 0.935. The molecule has 6 heteroatoms. The topological polar surface area (TPSA) is 81.0 Å². The summed E-state index contributed by atoms with van der Waals surface area (Å²) in [6.07, 6.45) is 10.4. The summed E-state index contributed by atoms with van der Waals surface area (Å²) in [5.74, 6) is 0.212. The van der Waals surface area contributed by atoms with E-state index in [1.165, 1.54) is 5.57 Å². The second kappa shape index (κ2) is 5.80. The molecular weight excluding hydrogens is 370 g/mol. The average Bonchev–Trinajstić information content (AvgIpc) is 3.37. The Labute approximate surface area is 171 Å². The van der Waals surface area contributed by atoms with Gasteiger partial charge >= 0.3 is 0 Å². The normalized spacial score (nSPS) is 55.8. The van der Waals surface area contributed by atoms with Crippen molar-refractivity contribution in [3.63, 3.8) is 0 Å². The second-order valence-corrected chi connectivity index (χ2v) is 10.4. The van der Waals surface area contributed by atoms with Crippen LogP contribution in [0, 0.1) is 34.0 Å². The van der Waals surface area contributed by atoms with Gasteiger partial charge in [0.15, 0.2) is 13.6 Å². The van der Waals surface area contributed by atoms with E-state index in [9.17, 15) is 5.11 Å². The Morgan fingerprint density at radius 3 is 2.76 bits per heavy atom. The van der Waals surface area contributed by atoms with Gasteiger partial charge < -0.3 is 29.5 Å². The lowest BCUT2D eigenvalue weighted by Crippen LogP contribution is -2.66. The molecule has 4 aliphatic carbocycles. The zero-order chi connectivity index (χ0) is 20.1. The highest BCUT2D eigenvalue weighted by molar-refractivity contribution is 6.03. The van der Waals surface area contributed by atoms with Gasteiger partial charge in [-0.1, -0.05) is 25.5 Å². The van der Waals surface area contributed by atoms with E-state index < -0.39 is 17.5 Å². The zero-order valence-corrected chi connectivity index (χ0v) is 17.3. The summed E-state index contributed by atoms with van der Waals surface area (Å²) in [6.45, 7) is 5.42. The molecule has 29 heavy (non-hydrogen) atoms. The fourth-order valence-electron chi connectivity index (χ4n) is 8.32. The molecule has 2 N–H and O–H groups in total. The molecule has 4 unspecified atom stereocenters. The minimum atomic E-state index is -0.841. The Balaban J connectivity index is 1.41. The molecule has 2 spiro atoms. The molecule has 6 rings (SSSR count). The van der Waals surface area contributed by atoms with E-state index in [-0.39, 0.29) is 30.3 Å². The van der Waals surface area contributed by atoms with Crippen LogP contribution in [0.1, 0.15) is 46.0 Å². The third kappa shape index (κ3) is 2.07. The number of aliphatic hydroxyl groups is 1. The summed E-state index contributed by atoms with van der Waals surface area (Å²) in [4.78, 5) is 0. The number of allylic oxidation sites excluding steroid dienone is 4. The van der Waals surface area contributed by atoms with E-state index in [0.717, 1.165) is 25.7 Å². The lowest BCUT2D eigenvalue weighted by Gasteiger charge is -2.60. The Morgan fingerprint density at radius 1 is 1.14 bits per heavy atom. The number of hydrogen-bond donors (Lipinski definition) is 2. The molecule has 0 amide bonds. The van der Waals surface area contributed by atoms with Crippen molar-refractivity contribution < 1.29 is 24.1 Å². The number of rotatable bonds is 0. The Bertz CT molecular complexity index is 811. The van der Waals surface area contributed by atoms with Gasteiger partial charge in [0.05, 0.1) is 11.8 Å². The molecule has 5 fully saturated rings. The van der Waals surface area contributed by atoms with Gasteiger partial charge in [-0.2, -0.15) is 0 Å². The third-order valence-corrected chi connectivity index (χ3v) is 9.52. The third-order valence-electron chi connectivity index (χ3n) is 9.52. The summed E-state index contributed by atoms with van der Waals surface area (Å²) < 4.78 is 24.1. The fourth-order valence-corrected chi connectivity index (χ4v) is 8.32. The number of nitrogens with one attached hydrogen (secondary N) is 1. The molecule has 0 aromatic heterocycles. The van der Waals surface area contributed by atoms with Crippen LogP contribution < -0.4 is 0 Å². The van der Waals surface area contributed by atoms with Gasteiger partial charge in [-0.3, -0.25) is 0 Å². The fraction of sp³-hybridized carbons (Fsp3) is 0.783. The van der Waals surface area contributed by atoms with Crippen molar-refractivity contribution in [2.45, 2.75) is 63.4 Å². The second-order valence-electron chi connectivity index (χ2n) is 10.4. The molecule has 0 bridgehead atoms. The molecular formula is C23H31NO5. The van der Waals surface area contributed by atoms with Crippen molar-refractivity contribution in [3.05, 3.63) is 23.8 Å². The Hall–Kier alpha value is -1.05. The number of ether oxygens (including phenoxy) is 4. The first-order valence-corrected chi connectivity index (χ1v) is 11.0. The molecule has 2 heterocycles. The maximum Gasteiger partial charge on any atom is 0.226 e. The summed E-state index contributed by atoms with van der Waals surface area (Å²) in [7, 11) is 0. The lowest BCUT2D eigenvalue weighted by molar-refractivity contribution is -0.256. The monoisotopic (exact) mass is 401 g/mol. The van der Waals surface area contributed by atoms with Crippen LogP contribution in [-0.4, -0.2) is 48.5 Å². The number of aliphatic hydroxyl groups excluding tert-OH is 1. The van der Waals surface area contributed by atoms with Gasteiger partial charge in [0.1, 0.15) is 12.2 Å². The van der Waals surface area contributed by atoms with Crippen LogP contribution in [0.4, 0.5) is 0 Å². The van der Waals surface area contributed by atoms with Crippen LogP contribution in [0.5, 0.6) is 0 Å². The maximum atomic E-state index is 11.6. The highest BCUT2D eigenvalue weighted by atomic mass is 16.9. The van der Waals surface area contributed by atoms with Crippen molar-refractivity contribution in [2.24, 2.45) is 28.6 Å². The minimum Gasteiger partial charge on any atom is -0.393 e. The van der Waals surface area contributed by atoms with Crippen LogP contribution in [0.2, 0.25) is 0 Å². The predicted molar refractivity (Wildman–Crippen MR) is 105 cm³/mol. The largest absolute Gasteiger partial charge is 0.393 e. The first-order valence-electron chi connectivity index (χ1n) is 11.0. The van der Waals surface area contributed by atoms with Gasteiger partial charge in [0.25, 0.3) is 0 Å². The molecule has 2 saturated heterocycles. The zero-order valence-electron chi connectivity index (χ0n) is 17.3. The van der Waals surface area contributed by atoms with E-state index in [0.29, 0.717) is 30.6 Å². The van der Waals surface area contributed by atoms with Crippen LogP contribution in [0.15, 0.2) is 23.8 Å². The SMILES string of the molecule is C[C@]12C=CC(=N)C=C1CCC1C2[C@@H](O)C[C@@]2(C)C1CC[C@@]21OCOC12COCO2. The van der Waals surface area contributed by atoms with E-state index in [1.807, 2.05) is 12.2 Å². The van der Waals surface area contributed by atoms with Crippen molar-refractivity contribution in [1.82, 2.24) is 0 Å². The number of hydrogen-bond acceptors (Lipinski definition) is 6. The molecule has 0 aromatic carbocycles. The van der Waals surface area contributed by atoms with E-state index in [4.69, 9.17) is 24.4 Å². The Morgan fingerprint density at radius 2 is 1.97 bits per heavy atom. The van der Waals surface area contributed by atoms with Crippen LogP contribution in [-0.2, 0) is 18.9 Å². The van der Waals surface area contributed by atoms with Crippen molar-refractivity contribution in [3.8, 4) is 0 Å². The molecule has 2 aliphatic heterocycles. The predicted octanol–water partition coefficient (Wildman–Crippen LogP) is 3.16. The van der Waals surface area contributed by atoms with Crippen molar-refractivity contribution in [2.75, 3.05) is 20.2 Å². The summed E-state index contributed by atoms with van der Waals surface area (Å²) in [5, 5.41) is 19.6. The van der Waals surface area contributed by atoms with Crippen LogP contribution in [0.25, 0.3) is 0 Å². The summed E-state index contributed by atoms with van der Waals surface area (Å²) in [6, 6.07) is 0. The first-order chi connectivity index (χ1) is 13.9. The molecule has 6 aliphatic rings. The quantitative estimate of drug-likeness (QED) is 0.652. The molecule has 0 aromatic rings. The van der Waals surface area contributed by atoms with E-state index >= 15 is 0 Å². The smallest absolute Gasteiger partial charge is 0.226 e. The van der Waals surface area contributed by atoms with Crippen LogP contribution >= 0.6 is 0 Å². The van der Waals surface area contributed by atoms with E-state index in [2.05, 4.69) is 19.9 Å². The molecule has 6 nitrogen and oxygen atoms in total. The minimum absolute atomic E-state index is 0.165. The number of fused-ring (bicyclic) bond motifs is 7. The highest BCUT2D eigenvalue weighted by Crippen LogP contribution is 2.71. The molecule has 0 radical (unpaired) electrons. The van der Waals surface area contributed by atoms with Crippen molar-refractivity contribution in [1.29, 1.82) is 5.41 Å². The lowest BCUT2D eigenvalue weighted by atomic mass is 9.46. The molecule has 3 saturated carbocycles. The standard InChI is InChI=1S/C23H31NO5/c1-20-7-5-15(24)9-14(20)3-4-16-17-6-8-22(21(17,2)10-18(25)19(16)20)23(29-13-27-22)11-26-12-28-23/h5,7,9,16-19,24-25H,3-4,6,8,10-13H2,1-2H3/t16?,17?,18-,19?,20-,21-,22+,23?/m0/s1. The first kappa shape index (κ1) is 18.7. The van der Waals surface area contributed by atoms with Gasteiger partial charge in [0, 0.05) is 16.7 Å². The average molecular weight is 402 g/mol. The van der Waals surface area contributed by atoms with Gasteiger partial charge in [0.2, 0.25) is 5.79 Å². The van der Waals surface area contributed by atoms with Gasteiger partial charge in [-0.05, 0) is 56.1 Å². The molecule has 8 atom stereocenters. The maximum absolute atomic E-state index is 11.6. The van der Waals surface area contributed by atoms with Crippen LogP contribution in [0.3, 0.4) is 0 Å². The van der Waals surface area contributed by atoms with Gasteiger partial charge in [-0.25, -0.2) is 0 Å². The van der Waals surface area contributed by atoms with Crippen molar-refractivity contribution >= 4 is 5.71 Å². The Kier molecular flexibility index (Phi) is 3.74. The molecule has 158 valence electrons. The van der Waals surface area contributed by atoms with Gasteiger partial charge in [-0.15, -0.1) is 0 Å². The highest BCUT2D eigenvalue weighted by Gasteiger charge is 2.76. The summed E-state index contributed by atoms with van der Waals surface area (Å²) >= 11 is 0.